The summed E-state index contributed by atoms with van der Waals surface area (Å²) in [6.45, 7) is 2.04. The van der Waals surface area contributed by atoms with Crippen molar-refractivity contribution in [1.82, 2.24) is 15.5 Å². The van der Waals surface area contributed by atoms with Crippen molar-refractivity contribution in [2.24, 2.45) is 0 Å². The number of aromatic nitrogens is 2. The normalized spacial score (nSPS) is 15.9. The van der Waals surface area contributed by atoms with Crippen molar-refractivity contribution in [2.75, 3.05) is 7.11 Å². The summed E-state index contributed by atoms with van der Waals surface area (Å²) in [6.07, 6.45) is 0. The number of ether oxygens (including phenoxy) is 1. The van der Waals surface area contributed by atoms with Gasteiger partial charge >= 0.3 is 0 Å². The second kappa shape index (κ2) is 5.53. The molecule has 0 fully saturated rings. The van der Waals surface area contributed by atoms with E-state index in [2.05, 4.69) is 15.5 Å². The van der Waals surface area contributed by atoms with E-state index >= 15 is 0 Å². The van der Waals surface area contributed by atoms with Gasteiger partial charge in [0.15, 0.2) is 0 Å². The molecule has 2 N–H and O–H groups in total. The highest BCUT2D eigenvalue weighted by Crippen LogP contribution is 2.37. The second-order valence-electron chi connectivity index (χ2n) is 5.91. The van der Waals surface area contributed by atoms with Crippen molar-refractivity contribution in [3.8, 4) is 17.0 Å². The number of nitrogens with zero attached hydrogens (tertiary/aromatic N) is 1. The molecular formula is C19H17N3O2. The molecule has 0 unspecified atom stereocenters. The van der Waals surface area contributed by atoms with Crippen LogP contribution >= 0.6 is 0 Å². The zero-order valence-corrected chi connectivity index (χ0v) is 13.5. The second-order valence-corrected chi connectivity index (χ2v) is 5.91. The van der Waals surface area contributed by atoms with Crippen LogP contribution in [0.25, 0.3) is 11.3 Å². The zero-order valence-electron chi connectivity index (χ0n) is 13.5. The van der Waals surface area contributed by atoms with Gasteiger partial charge in [-0.2, -0.15) is 5.10 Å². The molecule has 1 atom stereocenters. The van der Waals surface area contributed by atoms with Crippen molar-refractivity contribution >= 4 is 5.91 Å². The third-order valence-corrected chi connectivity index (χ3v) is 4.35. The maximum absolute atomic E-state index is 12.3. The zero-order chi connectivity index (χ0) is 16.7. The molecule has 1 aromatic heterocycles. The highest BCUT2D eigenvalue weighted by molar-refractivity contribution is 6.00. The summed E-state index contributed by atoms with van der Waals surface area (Å²) in [7, 11) is 1.63. The van der Waals surface area contributed by atoms with Crippen LogP contribution in [0.2, 0.25) is 0 Å². The number of hydrogen-bond donors (Lipinski definition) is 2. The summed E-state index contributed by atoms with van der Waals surface area (Å²) in [5.41, 5.74) is 5.36. The van der Waals surface area contributed by atoms with Gasteiger partial charge in [0.2, 0.25) is 0 Å². The molecule has 0 radical (unpaired) electrons. The maximum atomic E-state index is 12.3. The van der Waals surface area contributed by atoms with Crippen LogP contribution in [0, 0.1) is 6.92 Å². The van der Waals surface area contributed by atoms with Gasteiger partial charge in [-0.3, -0.25) is 9.89 Å². The topological polar surface area (TPSA) is 67.0 Å². The summed E-state index contributed by atoms with van der Waals surface area (Å²) < 4.78 is 5.30. The number of fused-ring (bicyclic) bond motifs is 1. The van der Waals surface area contributed by atoms with Crippen LogP contribution in [-0.4, -0.2) is 23.2 Å². The molecule has 2 heterocycles. The molecule has 5 heteroatoms. The molecule has 5 nitrogen and oxygen atoms in total. The first kappa shape index (κ1) is 14.5. The van der Waals surface area contributed by atoms with E-state index in [4.69, 9.17) is 4.74 Å². The Morgan fingerprint density at radius 1 is 1.12 bits per heavy atom. The van der Waals surface area contributed by atoms with Crippen LogP contribution in [0.15, 0.2) is 48.5 Å². The minimum Gasteiger partial charge on any atom is -0.497 e. The molecule has 1 amide bonds. The van der Waals surface area contributed by atoms with Crippen molar-refractivity contribution in [2.45, 2.75) is 13.0 Å². The van der Waals surface area contributed by atoms with Crippen molar-refractivity contribution in [3.05, 3.63) is 70.9 Å². The van der Waals surface area contributed by atoms with Gasteiger partial charge in [0, 0.05) is 11.1 Å². The van der Waals surface area contributed by atoms with Crippen LogP contribution in [0.3, 0.4) is 0 Å². The molecule has 24 heavy (non-hydrogen) atoms. The van der Waals surface area contributed by atoms with Crippen molar-refractivity contribution < 1.29 is 9.53 Å². The molecule has 0 aliphatic carbocycles. The highest BCUT2D eigenvalue weighted by atomic mass is 16.5. The average Bonchev–Trinajstić information content (AvgIpc) is 3.17. The fourth-order valence-corrected chi connectivity index (χ4v) is 3.08. The van der Waals surface area contributed by atoms with Crippen LogP contribution in [0.1, 0.15) is 33.2 Å². The third-order valence-electron chi connectivity index (χ3n) is 4.35. The predicted molar refractivity (Wildman–Crippen MR) is 91.1 cm³/mol. The molecule has 120 valence electrons. The van der Waals surface area contributed by atoms with Crippen LogP contribution in [0.5, 0.6) is 5.75 Å². The van der Waals surface area contributed by atoms with Gasteiger partial charge in [-0.25, -0.2) is 0 Å². The molecule has 0 spiro atoms. The first-order valence-electron chi connectivity index (χ1n) is 7.77. The van der Waals surface area contributed by atoms with E-state index in [1.165, 1.54) is 5.56 Å². The lowest BCUT2D eigenvalue weighted by molar-refractivity contribution is 0.0955. The number of rotatable bonds is 3. The van der Waals surface area contributed by atoms with Gasteiger partial charge in [0.1, 0.15) is 11.4 Å². The quantitative estimate of drug-likeness (QED) is 0.779. The monoisotopic (exact) mass is 319 g/mol. The number of aromatic amines is 1. The van der Waals surface area contributed by atoms with E-state index in [1.807, 2.05) is 55.5 Å². The van der Waals surface area contributed by atoms with E-state index in [1.54, 1.807) is 7.11 Å². The molecule has 0 saturated heterocycles. The standard InChI is InChI=1S/C19H17N3O2/c1-11-6-8-12(9-7-11)17-15-16(20-19(23)18(15)22-21-17)13-4-3-5-14(10-13)24-2/h3-10,16H,1-2H3,(H,20,23)(H,21,22)/t16-/m1/s1. The summed E-state index contributed by atoms with van der Waals surface area (Å²) in [6, 6.07) is 15.6. The van der Waals surface area contributed by atoms with Crippen LogP contribution < -0.4 is 10.1 Å². The Bertz CT molecular complexity index is 913. The van der Waals surface area contributed by atoms with E-state index in [9.17, 15) is 4.79 Å². The van der Waals surface area contributed by atoms with Gasteiger partial charge in [-0.05, 0) is 24.6 Å². The Hall–Kier alpha value is -3.08. The lowest BCUT2D eigenvalue weighted by Crippen LogP contribution is -2.21. The number of aryl methyl sites for hydroxylation is 1. The van der Waals surface area contributed by atoms with E-state index in [0.717, 1.165) is 28.1 Å². The van der Waals surface area contributed by atoms with Gasteiger partial charge < -0.3 is 10.1 Å². The number of H-pyrrole nitrogens is 1. The first-order valence-corrected chi connectivity index (χ1v) is 7.77. The Kier molecular flexibility index (Phi) is 3.34. The van der Waals surface area contributed by atoms with E-state index in [-0.39, 0.29) is 11.9 Å². The number of carbonyl (C=O) groups excluding carboxylic acids is 1. The number of methoxy groups -OCH3 is 1. The largest absolute Gasteiger partial charge is 0.497 e. The lowest BCUT2D eigenvalue weighted by Gasteiger charge is -2.14. The number of amides is 1. The molecule has 0 bridgehead atoms. The SMILES string of the molecule is COc1cccc([C@H]2NC(=O)c3[nH]nc(-c4ccc(C)cc4)c32)c1. The number of benzene rings is 2. The van der Waals surface area contributed by atoms with Crippen molar-refractivity contribution in [1.29, 1.82) is 0 Å². The Labute approximate surface area is 139 Å². The summed E-state index contributed by atoms with van der Waals surface area (Å²) in [5.74, 6) is 0.624. The van der Waals surface area contributed by atoms with Gasteiger partial charge in [-0.1, -0.05) is 42.0 Å². The highest BCUT2D eigenvalue weighted by Gasteiger charge is 2.35. The number of nitrogens with one attached hydrogen (secondary N) is 2. The summed E-state index contributed by atoms with van der Waals surface area (Å²) >= 11 is 0. The Balaban J connectivity index is 1.83. The molecule has 1 aliphatic rings. The van der Waals surface area contributed by atoms with Gasteiger partial charge in [-0.15, -0.1) is 0 Å². The van der Waals surface area contributed by atoms with Crippen molar-refractivity contribution in [3.63, 3.8) is 0 Å². The first-order chi connectivity index (χ1) is 11.7. The maximum Gasteiger partial charge on any atom is 0.270 e. The minimum atomic E-state index is -0.238. The fraction of sp³-hybridized carbons (Fsp3) is 0.158. The molecule has 2 aromatic carbocycles. The van der Waals surface area contributed by atoms with Gasteiger partial charge in [0.05, 0.1) is 18.8 Å². The molecular weight excluding hydrogens is 302 g/mol. The molecule has 4 rings (SSSR count). The molecule has 1 aliphatic heterocycles. The third kappa shape index (κ3) is 2.25. The molecule has 0 saturated carbocycles. The molecule has 3 aromatic rings. The van der Waals surface area contributed by atoms with Crippen LogP contribution in [0.4, 0.5) is 0 Å². The van der Waals surface area contributed by atoms with Gasteiger partial charge in [0.25, 0.3) is 5.91 Å². The average molecular weight is 319 g/mol. The lowest BCUT2D eigenvalue weighted by atomic mass is 9.96. The fourth-order valence-electron chi connectivity index (χ4n) is 3.08. The minimum absolute atomic E-state index is 0.135. The smallest absolute Gasteiger partial charge is 0.270 e. The number of carbonyl (C=O) groups is 1. The van der Waals surface area contributed by atoms with Crippen LogP contribution in [-0.2, 0) is 0 Å². The Morgan fingerprint density at radius 2 is 1.92 bits per heavy atom. The summed E-state index contributed by atoms with van der Waals surface area (Å²) in [5, 5.41) is 10.3. The Morgan fingerprint density at radius 3 is 2.67 bits per heavy atom. The predicted octanol–water partition coefficient (Wildman–Crippen LogP) is 3.23. The van der Waals surface area contributed by atoms with E-state index in [0.29, 0.717) is 5.69 Å². The van der Waals surface area contributed by atoms with E-state index < -0.39 is 0 Å². The summed E-state index contributed by atoms with van der Waals surface area (Å²) in [4.78, 5) is 12.3. The number of hydrogen-bond acceptors (Lipinski definition) is 3.